The normalized spacial score (nSPS) is 16.4. The zero-order chi connectivity index (χ0) is 22.2. The van der Waals surface area contributed by atoms with Crippen molar-refractivity contribution in [3.05, 3.63) is 79.5 Å². The van der Waals surface area contributed by atoms with Gasteiger partial charge >= 0.3 is 0 Å². The molecule has 7 nitrogen and oxygen atoms in total. The van der Waals surface area contributed by atoms with E-state index in [1.54, 1.807) is 56.3 Å². The van der Waals surface area contributed by atoms with Gasteiger partial charge in [0.1, 0.15) is 5.02 Å². The van der Waals surface area contributed by atoms with Gasteiger partial charge in [0.15, 0.2) is 5.11 Å². The lowest BCUT2D eigenvalue weighted by atomic mass is 9.93. The van der Waals surface area contributed by atoms with Crippen molar-refractivity contribution < 1.29 is 9.72 Å². The van der Waals surface area contributed by atoms with Crippen LogP contribution in [0.3, 0.4) is 0 Å². The Morgan fingerprint density at radius 1 is 1.20 bits per heavy atom. The molecule has 0 aromatic heterocycles. The van der Waals surface area contributed by atoms with Crippen LogP contribution >= 0.6 is 35.4 Å². The highest BCUT2D eigenvalue weighted by molar-refractivity contribution is 7.80. The van der Waals surface area contributed by atoms with Crippen molar-refractivity contribution >= 4 is 57.8 Å². The summed E-state index contributed by atoms with van der Waals surface area (Å²) in [5.74, 6) is -0.246. The Kier molecular flexibility index (Phi) is 6.30. The number of hydrogen-bond donors (Lipinski definition) is 1. The number of halogens is 2. The maximum Gasteiger partial charge on any atom is 0.288 e. The van der Waals surface area contributed by atoms with Gasteiger partial charge in [-0.15, -0.1) is 0 Å². The molecular formula is C20H18Cl2N4O3S. The Morgan fingerprint density at radius 3 is 2.40 bits per heavy atom. The molecule has 0 saturated carbocycles. The molecule has 2 aromatic rings. The molecule has 1 atom stereocenters. The van der Waals surface area contributed by atoms with Gasteiger partial charge in [-0.1, -0.05) is 29.3 Å². The van der Waals surface area contributed by atoms with E-state index in [4.69, 9.17) is 35.4 Å². The Morgan fingerprint density at radius 2 is 1.83 bits per heavy atom. The number of anilines is 1. The van der Waals surface area contributed by atoms with Crippen molar-refractivity contribution in [2.75, 3.05) is 19.0 Å². The van der Waals surface area contributed by atoms with Crippen LogP contribution < -0.4 is 10.2 Å². The molecule has 1 N–H and O–H groups in total. The molecule has 0 saturated heterocycles. The van der Waals surface area contributed by atoms with Crippen LogP contribution in [-0.4, -0.2) is 34.9 Å². The predicted molar refractivity (Wildman–Crippen MR) is 122 cm³/mol. The molecule has 1 aliphatic heterocycles. The van der Waals surface area contributed by atoms with E-state index in [-0.39, 0.29) is 16.6 Å². The molecule has 0 fully saturated rings. The number of nitrogens with one attached hydrogen (secondary N) is 1. The second kappa shape index (κ2) is 8.59. The molecule has 30 heavy (non-hydrogen) atoms. The Labute approximate surface area is 189 Å². The summed E-state index contributed by atoms with van der Waals surface area (Å²) < 4.78 is 0. The monoisotopic (exact) mass is 464 g/mol. The molecule has 1 aliphatic rings. The molecule has 0 spiro atoms. The number of rotatable bonds is 4. The smallest absolute Gasteiger partial charge is 0.288 e. The van der Waals surface area contributed by atoms with E-state index in [9.17, 15) is 14.9 Å². The summed E-state index contributed by atoms with van der Waals surface area (Å²) in [4.78, 5) is 27.1. The van der Waals surface area contributed by atoms with Crippen molar-refractivity contribution in [1.82, 2.24) is 10.2 Å². The zero-order valence-electron chi connectivity index (χ0n) is 16.3. The number of carbonyl (C=O) groups is 1. The fourth-order valence-electron chi connectivity index (χ4n) is 3.26. The third kappa shape index (κ3) is 4.12. The minimum atomic E-state index is -0.674. The lowest BCUT2D eigenvalue weighted by Gasteiger charge is -2.38. The van der Waals surface area contributed by atoms with E-state index in [0.717, 1.165) is 5.69 Å². The van der Waals surface area contributed by atoms with Gasteiger partial charge in [0.25, 0.3) is 11.6 Å². The summed E-state index contributed by atoms with van der Waals surface area (Å²) in [6.45, 7) is 1.79. The third-order valence-corrected chi connectivity index (χ3v) is 5.58. The second-order valence-corrected chi connectivity index (χ2v) is 8.09. The topological polar surface area (TPSA) is 78.7 Å². The van der Waals surface area contributed by atoms with E-state index in [0.29, 0.717) is 27.0 Å². The van der Waals surface area contributed by atoms with E-state index in [2.05, 4.69) is 5.32 Å². The highest BCUT2D eigenvalue weighted by Gasteiger charge is 2.36. The standard InChI is InChI=1S/C20H18Cl2N4O3S/c1-11-17(19(27)24(2)3)18(12-4-9-15(22)16(10-12)26(28)29)23-20(30)25(11)14-7-5-13(21)6-8-14/h4-10,18H,1-3H3,(H,23,30). The number of nitro groups is 1. The first-order valence-corrected chi connectivity index (χ1v) is 10.0. The van der Waals surface area contributed by atoms with Gasteiger partial charge < -0.3 is 10.2 Å². The quantitative estimate of drug-likeness (QED) is 0.401. The van der Waals surface area contributed by atoms with E-state index in [1.807, 2.05) is 0 Å². The molecule has 10 heteroatoms. The van der Waals surface area contributed by atoms with Crippen molar-refractivity contribution in [2.45, 2.75) is 13.0 Å². The third-order valence-electron chi connectivity index (χ3n) is 4.71. The molecule has 2 aromatic carbocycles. The first-order chi connectivity index (χ1) is 14.1. The summed E-state index contributed by atoms with van der Waals surface area (Å²) in [5, 5.41) is 15.4. The van der Waals surface area contributed by atoms with Gasteiger partial charge in [-0.2, -0.15) is 0 Å². The number of hydrogen-bond acceptors (Lipinski definition) is 4. The first kappa shape index (κ1) is 22.0. The lowest BCUT2D eigenvalue weighted by molar-refractivity contribution is -0.384. The lowest BCUT2D eigenvalue weighted by Crippen LogP contribution is -2.49. The molecule has 3 rings (SSSR count). The summed E-state index contributed by atoms with van der Waals surface area (Å²) in [6, 6.07) is 10.8. The van der Waals surface area contributed by atoms with Crippen LogP contribution in [0.25, 0.3) is 0 Å². The zero-order valence-corrected chi connectivity index (χ0v) is 18.7. The predicted octanol–water partition coefficient (Wildman–Crippen LogP) is 4.70. The molecule has 0 radical (unpaired) electrons. The molecule has 1 unspecified atom stereocenters. The van der Waals surface area contributed by atoms with Gasteiger partial charge in [0.05, 0.1) is 16.5 Å². The average molecular weight is 465 g/mol. The number of benzene rings is 2. The van der Waals surface area contributed by atoms with Crippen molar-refractivity contribution in [2.24, 2.45) is 0 Å². The van der Waals surface area contributed by atoms with E-state index < -0.39 is 11.0 Å². The minimum Gasteiger partial charge on any atom is -0.351 e. The van der Waals surface area contributed by atoms with Crippen LogP contribution in [0.2, 0.25) is 10.0 Å². The van der Waals surface area contributed by atoms with Gasteiger partial charge in [0, 0.05) is 36.6 Å². The maximum atomic E-state index is 13.1. The van der Waals surface area contributed by atoms with Gasteiger partial charge in [0.2, 0.25) is 0 Å². The number of amides is 1. The number of nitro benzene ring substituents is 1. The fourth-order valence-corrected chi connectivity index (χ4v) is 3.93. The number of nitrogens with zero attached hydrogens (tertiary/aromatic N) is 3. The van der Waals surface area contributed by atoms with Crippen molar-refractivity contribution in [3.63, 3.8) is 0 Å². The van der Waals surface area contributed by atoms with Crippen LogP contribution in [0.15, 0.2) is 53.7 Å². The molecule has 0 aliphatic carbocycles. The van der Waals surface area contributed by atoms with Crippen LogP contribution in [0.4, 0.5) is 11.4 Å². The molecule has 0 bridgehead atoms. The van der Waals surface area contributed by atoms with E-state index in [1.165, 1.54) is 17.0 Å². The molecule has 156 valence electrons. The SMILES string of the molecule is CC1=C(C(=O)N(C)C)C(c2ccc(Cl)c([N+](=O)[O-])c2)NC(=S)N1c1ccc(Cl)cc1. The second-order valence-electron chi connectivity index (χ2n) is 6.86. The van der Waals surface area contributed by atoms with Crippen LogP contribution in [0.1, 0.15) is 18.5 Å². The summed E-state index contributed by atoms with van der Waals surface area (Å²) in [6.07, 6.45) is 0. The Bertz CT molecular complexity index is 1070. The van der Waals surface area contributed by atoms with Gasteiger partial charge in [-0.25, -0.2) is 0 Å². The number of likely N-dealkylation sites (N-methyl/N-ethyl adjacent to an activating group) is 1. The van der Waals surface area contributed by atoms with E-state index >= 15 is 0 Å². The summed E-state index contributed by atoms with van der Waals surface area (Å²) in [5.41, 5.74) is 2.03. The molecule has 1 heterocycles. The van der Waals surface area contributed by atoms with Crippen LogP contribution in [0.5, 0.6) is 0 Å². The Balaban J connectivity index is 2.18. The number of thiocarbonyl (C=S) groups is 1. The first-order valence-electron chi connectivity index (χ1n) is 8.84. The molecule has 1 amide bonds. The number of allylic oxidation sites excluding steroid dienone is 1. The largest absolute Gasteiger partial charge is 0.351 e. The minimum absolute atomic E-state index is 0.0196. The average Bonchev–Trinajstić information content (AvgIpc) is 2.68. The maximum absolute atomic E-state index is 13.1. The van der Waals surface area contributed by atoms with Crippen molar-refractivity contribution in [3.8, 4) is 0 Å². The summed E-state index contributed by atoms with van der Waals surface area (Å²) >= 11 is 17.5. The Hall–Kier alpha value is -2.68. The van der Waals surface area contributed by atoms with Crippen molar-refractivity contribution in [1.29, 1.82) is 0 Å². The highest BCUT2D eigenvalue weighted by Crippen LogP contribution is 2.37. The van der Waals surface area contributed by atoms with Crippen LogP contribution in [0, 0.1) is 10.1 Å². The van der Waals surface area contributed by atoms with Gasteiger partial charge in [-0.3, -0.25) is 19.8 Å². The number of carbonyl (C=O) groups excluding carboxylic acids is 1. The molecular weight excluding hydrogens is 447 g/mol. The fraction of sp³-hybridized carbons (Fsp3) is 0.200. The highest BCUT2D eigenvalue weighted by atomic mass is 35.5. The van der Waals surface area contributed by atoms with Crippen LogP contribution in [-0.2, 0) is 4.79 Å². The van der Waals surface area contributed by atoms with Gasteiger partial charge in [-0.05, 0) is 55.0 Å². The summed E-state index contributed by atoms with van der Waals surface area (Å²) in [7, 11) is 3.28.